The number of hydrogen-bond acceptors (Lipinski definition) is 4. The van der Waals surface area contributed by atoms with Gasteiger partial charge in [0.05, 0.1) is 0 Å². The number of amides is 1. The van der Waals surface area contributed by atoms with E-state index in [2.05, 4.69) is 10.3 Å². The van der Waals surface area contributed by atoms with E-state index in [9.17, 15) is 4.79 Å². The molecule has 0 bridgehead atoms. The van der Waals surface area contributed by atoms with Crippen molar-refractivity contribution < 1.29 is 9.53 Å². The van der Waals surface area contributed by atoms with Crippen LogP contribution < -0.4 is 5.32 Å². The average molecular weight is 249 g/mol. The zero-order chi connectivity index (χ0) is 13.0. The molecule has 2 rings (SSSR count). The van der Waals surface area contributed by atoms with Gasteiger partial charge in [0.2, 0.25) is 0 Å². The summed E-state index contributed by atoms with van der Waals surface area (Å²) in [5.41, 5.74) is 1.38. The van der Waals surface area contributed by atoms with Gasteiger partial charge in [-0.3, -0.25) is 9.78 Å². The first-order valence-electron chi connectivity index (χ1n) is 6.21. The van der Waals surface area contributed by atoms with Crippen LogP contribution >= 0.6 is 0 Å². The molecule has 18 heavy (non-hydrogen) atoms. The topological polar surface area (TPSA) is 54.5 Å². The monoisotopic (exact) mass is 249 g/mol. The number of carbonyl (C=O) groups is 1. The highest BCUT2D eigenvalue weighted by molar-refractivity contribution is 5.93. The predicted octanol–water partition coefficient (Wildman–Crippen LogP) is 1.37. The molecule has 5 nitrogen and oxygen atoms in total. The van der Waals surface area contributed by atoms with E-state index >= 15 is 0 Å². The summed E-state index contributed by atoms with van der Waals surface area (Å²) in [5.74, 6) is -0.0287. The second-order valence-corrected chi connectivity index (χ2v) is 4.44. The summed E-state index contributed by atoms with van der Waals surface area (Å²) in [6.07, 6.45) is 3.44. The Labute approximate surface area is 107 Å². The first kappa shape index (κ1) is 12.8. The summed E-state index contributed by atoms with van der Waals surface area (Å²) in [5, 5.41) is 3.01. The molecule has 0 atom stereocenters. The molecule has 2 heterocycles. The van der Waals surface area contributed by atoms with E-state index in [0.29, 0.717) is 5.69 Å². The number of rotatable bonds is 3. The molecule has 1 aromatic rings. The van der Waals surface area contributed by atoms with Gasteiger partial charge in [0.15, 0.2) is 0 Å². The summed E-state index contributed by atoms with van der Waals surface area (Å²) < 4.78 is 5.31. The SMILES string of the molecule is CNc1ccnc(C(=O)N(C)C2CCOCC2)c1. The molecule has 1 aromatic heterocycles. The molecule has 0 aromatic carbocycles. The van der Waals surface area contributed by atoms with E-state index in [-0.39, 0.29) is 11.9 Å². The van der Waals surface area contributed by atoms with Gasteiger partial charge < -0.3 is 15.0 Å². The lowest BCUT2D eigenvalue weighted by molar-refractivity contribution is 0.0359. The number of hydrogen-bond donors (Lipinski definition) is 1. The Kier molecular flexibility index (Phi) is 4.15. The number of pyridine rings is 1. The van der Waals surface area contributed by atoms with Crippen molar-refractivity contribution in [3.63, 3.8) is 0 Å². The second kappa shape index (κ2) is 5.82. The number of nitrogens with one attached hydrogen (secondary N) is 1. The lowest BCUT2D eigenvalue weighted by atomic mass is 10.1. The van der Waals surface area contributed by atoms with Gasteiger partial charge in [-0.1, -0.05) is 0 Å². The van der Waals surface area contributed by atoms with Gasteiger partial charge in [-0.25, -0.2) is 0 Å². The van der Waals surface area contributed by atoms with Crippen LogP contribution in [0.5, 0.6) is 0 Å². The molecule has 98 valence electrons. The molecule has 1 amide bonds. The first-order chi connectivity index (χ1) is 8.72. The van der Waals surface area contributed by atoms with Crippen molar-refractivity contribution in [2.75, 3.05) is 32.6 Å². The van der Waals surface area contributed by atoms with Crippen molar-refractivity contribution >= 4 is 11.6 Å². The van der Waals surface area contributed by atoms with Gasteiger partial charge >= 0.3 is 0 Å². The fourth-order valence-electron chi connectivity index (χ4n) is 2.12. The highest BCUT2D eigenvalue weighted by Crippen LogP contribution is 2.16. The van der Waals surface area contributed by atoms with Crippen LogP contribution in [0.3, 0.4) is 0 Å². The van der Waals surface area contributed by atoms with Crippen molar-refractivity contribution in [1.29, 1.82) is 0 Å². The van der Waals surface area contributed by atoms with Crippen LogP contribution in [0, 0.1) is 0 Å². The largest absolute Gasteiger partial charge is 0.388 e. The van der Waals surface area contributed by atoms with Crippen LogP contribution in [0.4, 0.5) is 5.69 Å². The van der Waals surface area contributed by atoms with Crippen LogP contribution in [-0.2, 0) is 4.74 Å². The lowest BCUT2D eigenvalue weighted by Crippen LogP contribution is -2.40. The van der Waals surface area contributed by atoms with Crippen LogP contribution in [0.1, 0.15) is 23.3 Å². The standard InChI is InChI=1S/C13H19N3O2/c1-14-10-3-6-15-12(9-10)13(17)16(2)11-4-7-18-8-5-11/h3,6,9,11H,4-5,7-8H2,1-2H3,(H,14,15). The molecular weight excluding hydrogens is 230 g/mol. The maximum Gasteiger partial charge on any atom is 0.272 e. The molecule has 0 saturated carbocycles. The van der Waals surface area contributed by atoms with Gasteiger partial charge in [-0.2, -0.15) is 0 Å². The van der Waals surface area contributed by atoms with Crippen LogP contribution in [-0.4, -0.2) is 49.1 Å². The summed E-state index contributed by atoms with van der Waals surface area (Å²) in [6.45, 7) is 1.46. The number of anilines is 1. The fraction of sp³-hybridized carbons (Fsp3) is 0.538. The quantitative estimate of drug-likeness (QED) is 0.879. The molecule has 0 unspecified atom stereocenters. The Morgan fingerprint density at radius 1 is 1.50 bits per heavy atom. The fourth-order valence-corrected chi connectivity index (χ4v) is 2.12. The Hall–Kier alpha value is -1.62. The van der Waals surface area contributed by atoms with Crippen molar-refractivity contribution in [1.82, 2.24) is 9.88 Å². The van der Waals surface area contributed by atoms with Crippen molar-refractivity contribution in [2.45, 2.75) is 18.9 Å². The number of nitrogens with zero attached hydrogens (tertiary/aromatic N) is 2. The van der Waals surface area contributed by atoms with Gasteiger partial charge in [-0.15, -0.1) is 0 Å². The zero-order valence-electron chi connectivity index (χ0n) is 10.8. The predicted molar refractivity (Wildman–Crippen MR) is 69.7 cm³/mol. The highest BCUT2D eigenvalue weighted by atomic mass is 16.5. The molecule has 0 spiro atoms. The van der Waals surface area contributed by atoms with Gasteiger partial charge in [0.1, 0.15) is 5.69 Å². The number of carbonyl (C=O) groups excluding carboxylic acids is 1. The Balaban J connectivity index is 2.09. The van der Waals surface area contributed by atoms with E-state index in [0.717, 1.165) is 31.7 Å². The third-order valence-corrected chi connectivity index (χ3v) is 3.33. The normalized spacial score (nSPS) is 16.3. The van der Waals surface area contributed by atoms with E-state index in [4.69, 9.17) is 4.74 Å². The maximum absolute atomic E-state index is 12.3. The van der Waals surface area contributed by atoms with Crippen LogP contribution in [0.25, 0.3) is 0 Å². The van der Waals surface area contributed by atoms with Crippen LogP contribution in [0.15, 0.2) is 18.3 Å². The first-order valence-corrected chi connectivity index (χ1v) is 6.21. The number of aromatic nitrogens is 1. The highest BCUT2D eigenvalue weighted by Gasteiger charge is 2.24. The molecule has 5 heteroatoms. The Bertz CT molecular complexity index is 416. The Morgan fingerprint density at radius 3 is 2.89 bits per heavy atom. The molecule has 1 aliphatic rings. The molecular formula is C13H19N3O2. The molecule has 1 saturated heterocycles. The molecule has 1 N–H and O–H groups in total. The minimum absolute atomic E-state index is 0.0287. The minimum atomic E-state index is -0.0287. The van der Waals surface area contributed by atoms with E-state index in [1.54, 1.807) is 17.2 Å². The van der Waals surface area contributed by atoms with Crippen molar-refractivity contribution in [2.24, 2.45) is 0 Å². The third kappa shape index (κ3) is 2.79. The van der Waals surface area contributed by atoms with Crippen LogP contribution in [0.2, 0.25) is 0 Å². The molecule has 0 radical (unpaired) electrons. The summed E-state index contributed by atoms with van der Waals surface area (Å²) in [4.78, 5) is 18.2. The summed E-state index contributed by atoms with van der Waals surface area (Å²) in [6, 6.07) is 3.87. The minimum Gasteiger partial charge on any atom is -0.388 e. The smallest absolute Gasteiger partial charge is 0.272 e. The molecule has 1 fully saturated rings. The van der Waals surface area contributed by atoms with E-state index in [1.807, 2.05) is 20.2 Å². The zero-order valence-corrected chi connectivity index (χ0v) is 10.8. The Morgan fingerprint density at radius 2 is 2.22 bits per heavy atom. The van der Waals surface area contributed by atoms with Crippen molar-refractivity contribution in [3.8, 4) is 0 Å². The van der Waals surface area contributed by atoms with Crippen molar-refractivity contribution in [3.05, 3.63) is 24.0 Å². The summed E-state index contributed by atoms with van der Waals surface area (Å²) in [7, 11) is 3.66. The average Bonchev–Trinajstić information content (AvgIpc) is 2.46. The lowest BCUT2D eigenvalue weighted by Gasteiger charge is -2.31. The second-order valence-electron chi connectivity index (χ2n) is 4.44. The van der Waals surface area contributed by atoms with E-state index in [1.165, 1.54) is 0 Å². The maximum atomic E-state index is 12.3. The number of ether oxygens (including phenoxy) is 1. The van der Waals surface area contributed by atoms with Gasteiger partial charge in [0, 0.05) is 45.2 Å². The van der Waals surface area contributed by atoms with E-state index < -0.39 is 0 Å². The van der Waals surface area contributed by atoms with Gasteiger partial charge in [-0.05, 0) is 25.0 Å². The van der Waals surface area contributed by atoms with Gasteiger partial charge in [0.25, 0.3) is 5.91 Å². The molecule has 1 aliphatic heterocycles. The summed E-state index contributed by atoms with van der Waals surface area (Å²) >= 11 is 0. The molecule has 0 aliphatic carbocycles. The third-order valence-electron chi connectivity index (χ3n) is 3.33.